The van der Waals surface area contributed by atoms with Crippen LogP contribution in [0.3, 0.4) is 0 Å². The van der Waals surface area contributed by atoms with Crippen molar-refractivity contribution in [3.05, 3.63) is 90.0 Å². The van der Waals surface area contributed by atoms with Gasteiger partial charge in [0.2, 0.25) is 0 Å². The molecular formula is C22H16FN5. The standard InChI is InChI=1S/C22H16FN5/c23-18-7-4-14(5-8-18)10-15-2-1-3-16(11-15)21-19-12-17(22-24-13-25-28-22)6-9-20(19)26-27-21/h1-9,11-13H,10H2,(H,26,27)(H,24,25,28). The number of benzene rings is 3. The summed E-state index contributed by atoms with van der Waals surface area (Å²) in [7, 11) is 0. The van der Waals surface area contributed by atoms with Crippen LogP contribution < -0.4 is 0 Å². The van der Waals surface area contributed by atoms with E-state index in [1.54, 1.807) is 0 Å². The Morgan fingerprint density at radius 3 is 2.54 bits per heavy atom. The number of halogens is 1. The first kappa shape index (κ1) is 16.4. The minimum atomic E-state index is -0.219. The Morgan fingerprint density at radius 1 is 0.821 bits per heavy atom. The smallest absolute Gasteiger partial charge is 0.155 e. The van der Waals surface area contributed by atoms with Gasteiger partial charge in [0.15, 0.2) is 5.82 Å². The molecule has 0 aliphatic carbocycles. The second-order valence-electron chi connectivity index (χ2n) is 6.67. The molecule has 5 nitrogen and oxygen atoms in total. The van der Waals surface area contributed by atoms with Crippen LogP contribution in [0.1, 0.15) is 11.1 Å². The molecule has 0 atom stereocenters. The fourth-order valence-corrected chi connectivity index (χ4v) is 3.39. The summed E-state index contributed by atoms with van der Waals surface area (Å²) in [5.74, 6) is 0.502. The molecule has 0 saturated heterocycles. The third-order valence-electron chi connectivity index (χ3n) is 4.77. The number of hydrogen-bond donors (Lipinski definition) is 2. The Bertz CT molecular complexity index is 1240. The summed E-state index contributed by atoms with van der Waals surface area (Å²) in [5, 5.41) is 15.5. The third kappa shape index (κ3) is 3.05. The molecule has 0 spiro atoms. The van der Waals surface area contributed by atoms with E-state index >= 15 is 0 Å². The first-order chi connectivity index (χ1) is 13.8. The molecule has 0 bridgehead atoms. The summed E-state index contributed by atoms with van der Waals surface area (Å²) in [4.78, 5) is 4.22. The van der Waals surface area contributed by atoms with Gasteiger partial charge >= 0.3 is 0 Å². The number of hydrogen-bond acceptors (Lipinski definition) is 3. The van der Waals surface area contributed by atoms with E-state index in [2.05, 4.69) is 43.6 Å². The predicted octanol–water partition coefficient (Wildman–Crippen LogP) is 4.74. The van der Waals surface area contributed by atoms with Crippen molar-refractivity contribution in [2.75, 3.05) is 0 Å². The van der Waals surface area contributed by atoms with Gasteiger partial charge < -0.3 is 0 Å². The zero-order valence-corrected chi connectivity index (χ0v) is 14.9. The molecule has 136 valence electrons. The van der Waals surface area contributed by atoms with Crippen LogP contribution in [-0.2, 0) is 6.42 Å². The molecule has 0 aliphatic heterocycles. The van der Waals surface area contributed by atoms with E-state index < -0.39 is 0 Å². The van der Waals surface area contributed by atoms with Gasteiger partial charge in [-0.3, -0.25) is 10.2 Å². The maximum atomic E-state index is 13.1. The van der Waals surface area contributed by atoms with Crippen molar-refractivity contribution in [3.8, 4) is 22.6 Å². The Hall–Kier alpha value is -3.80. The van der Waals surface area contributed by atoms with Gasteiger partial charge in [-0.1, -0.05) is 30.3 Å². The number of nitrogens with zero attached hydrogens (tertiary/aromatic N) is 3. The second-order valence-corrected chi connectivity index (χ2v) is 6.67. The fraction of sp³-hybridized carbons (Fsp3) is 0.0455. The van der Waals surface area contributed by atoms with Crippen LogP contribution in [0.2, 0.25) is 0 Å². The predicted molar refractivity (Wildman–Crippen MR) is 106 cm³/mol. The lowest BCUT2D eigenvalue weighted by molar-refractivity contribution is 0.627. The molecule has 2 heterocycles. The molecule has 5 aromatic rings. The summed E-state index contributed by atoms with van der Waals surface area (Å²) in [6, 6.07) is 20.9. The average molecular weight is 369 g/mol. The lowest BCUT2D eigenvalue weighted by Crippen LogP contribution is -1.90. The van der Waals surface area contributed by atoms with Gasteiger partial charge in [0.25, 0.3) is 0 Å². The van der Waals surface area contributed by atoms with Crippen molar-refractivity contribution in [1.82, 2.24) is 25.4 Å². The summed E-state index contributed by atoms with van der Waals surface area (Å²) in [6.07, 6.45) is 2.23. The number of aromatic amines is 2. The largest absolute Gasteiger partial charge is 0.277 e. The summed E-state index contributed by atoms with van der Waals surface area (Å²) < 4.78 is 13.1. The van der Waals surface area contributed by atoms with Crippen molar-refractivity contribution in [2.24, 2.45) is 0 Å². The first-order valence-electron chi connectivity index (χ1n) is 8.94. The van der Waals surface area contributed by atoms with Crippen molar-refractivity contribution in [3.63, 3.8) is 0 Å². The van der Waals surface area contributed by atoms with Crippen LogP contribution in [0.5, 0.6) is 0 Å². The molecule has 0 fully saturated rings. The summed E-state index contributed by atoms with van der Waals surface area (Å²) in [6.45, 7) is 0. The van der Waals surface area contributed by atoms with E-state index in [0.29, 0.717) is 0 Å². The number of H-pyrrole nitrogens is 2. The molecule has 2 N–H and O–H groups in total. The fourth-order valence-electron chi connectivity index (χ4n) is 3.39. The molecule has 0 aliphatic rings. The van der Waals surface area contributed by atoms with Crippen LogP contribution in [0.4, 0.5) is 4.39 Å². The molecule has 0 radical (unpaired) electrons. The van der Waals surface area contributed by atoms with Gasteiger partial charge in [-0.05, 0) is 53.9 Å². The van der Waals surface area contributed by atoms with Crippen LogP contribution in [-0.4, -0.2) is 25.4 Å². The Labute approximate surface area is 160 Å². The van der Waals surface area contributed by atoms with Crippen LogP contribution in [0.15, 0.2) is 73.1 Å². The monoisotopic (exact) mass is 369 g/mol. The average Bonchev–Trinajstić information content (AvgIpc) is 3.39. The maximum Gasteiger partial charge on any atom is 0.155 e. The van der Waals surface area contributed by atoms with Gasteiger partial charge in [0.05, 0.1) is 11.2 Å². The number of aromatic nitrogens is 5. The molecule has 28 heavy (non-hydrogen) atoms. The Balaban J connectivity index is 1.53. The zero-order valence-electron chi connectivity index (χ0n) is 14.9. The highest BCUT2D eigenvalue weighted by Crippen LogP contribution is 2.30. The van der Waals surface area contributed by atoms with E-state index in [1.165, 1.54) is 18.5 Å². The Morgan fingerprint density at radius 2 is 1.71 bits per heavy atom. The van der Waals surface area contributed by atoms with E-state index in [1.807, 2.05) is 36.4 Å². The van der Waals surface area contributed by atoms with Gasteiger partial charge in [-0.25, -0.2) is 9.37 Å². The second kappa shape index (κ2) is 6.74. The van der Waals surface area contributed by atoms with Gasteiger partial charge in [-0.15, -0.1) is 0 Å². The minimum absolute atomic E-state index is 0.219. The number of rotatable bonds is 4. The SMILES string of the molecule is Fc1ccc(Cc2cccc(-c3n[nH]c4ccc(-c5ncn[nH]5)cc34)c2)cc1. The lowest BCUT2D eigenvalue weighted by atomic mass is 10.00. The van der Waals surface area contributed by atoms with Crippen molar-refractivity contribution < 1.29 is 4.39 Å². The third-order valence-corrected chi connectivity index (χ3v) is 4.77. The molecule has 0 amide bonds. The van der Waals surface area contributed by atoms with Crippen LogP contribution >= 0.6 is 0 Å². The van der Waals surface area contributed by atoms with Gasteiger partial charge in [0.1, 0.15) is 12.1 Å². The molecule has 5 rings (SSSR count). The van der Waals surface area contributed by atoms with E-state index in [4.69, 9.17) is 0 Å². The molecule has 6 heteroatoms. The van der Waals surface area contributed by atoms with Gasteiger partial charge in [-0.2, -0.15) is 10.2 Å². The van der Waals surface area contributed by atoms with E-state index in [0.717, 1.165) is 51.1 Å². The molecule has 3 aromatic carbocycles. The highest BCUT2D eigenvalue weighted by atomic mass is 19.1. The topological polar surface area (TPSA) is 70.2 Å². The molecular weight excluding hydrogens is 353 g/mol. The van der Waals surface area contributed by atoms with Crippen LogP contribution in [0, 0.1) is 5.82 Å². The number of fused-ring (bicyclic) bond motifs is 1. The quantitative estimate of drug-likeness (QED) is 0.480. The summed E-state index contributed by atoms with van der Waals surface area (Å²) >= 11 is 0. The van der Waals surface area contributed by atoms with E-state index in [-0.39, 0.29) is 5.82 Å². The normalized spacial score (nSPS) is 11.2. The van der Waals surface area contributed by atoms with Crippen molar-refractivity contribution >= 4 is 10.9 Å². The van der Waals surface area contributed by atoms with Crippen molar-refractivity contribution in [1.29, 1.82) is 0 Å². The maximum absolute atomic E-state index is 13.1. The lowest BCUT2D eigenvalue weighted by Gasteiger charge is -2.05. The highest BCUT2D eigenvalue weighted by Gasteiger charge is 2.11. The molecule has 0 unspecified atom stereocenters. The molecule has 2 aromatic heterocycles. The van der Waals surface area contributed by atoms with Gasteiger partial charge in [0, 0.05) is 16.5 Å². The minimum Gasteiger partial charge on any atom is -0.277 e. The van der Waals surface area contributed by atoms with Crippen molar-refractivity contribution in [2.45, 2.75) is 6.42 Å². The van der Waals surface area contributed by atoms with E-state index in [9.17, 15) is 4.39 Å². The summed E-state index contributed by atoms with van der Waals surface area (Å²) in [5.41, 5.74) is 6.04. The van der Waals surface area contributed by atoms with Crippen LogP contribution in [0.25, 0.3) is 33.5 Å². The molecule has 0 saturated carbocycles. The highest BCUT2D eigenvalue weighted by molar-refractivity contribution is 5.95. The number of nitrogens with one attached hydrogen (secondary N) is 2. The Kier molecular flexibility index (Phi) is 3.94. The first-order valence-corrected chi connectivity index (χ1v) is 8.94. The zero-order chi connectivity index (χ0) is 18.9.